The van der Waals surface area contributed by atoms with E-state index in [9.17, 15) is 13.2 Å². The van der Waals surface area contributed by atoms with Gasteiger partial charge < -0.3 is 10.1 Å². The fourth-order valence-electron chi connectivity index (χ4n) is 2.87. The number of morpholine rings is 1. The number of nitrogens with one attached hydrogen (secondary N) is 1. The highest BCUT2D eigenvalue weighted by Crippen LogP contribution is 2.20. The lowest BCUT2D eigenvalue weighted by molar-refractivity contribution is 0.0730. The van der Waals surface area contributed by atoms with Crippen LogP contribution in [-0.2, 0) is 14.8 Å². The summed E-state index contributed by atoms with van der Waals surface area (Å²) in [5.74, 6) is 0.178. The predicted molar refractivity (Wildman–Crippen MR) is 105 cm³/mol. The monoisotopic (exact) mass is 388 g/mol. The Bertz CT molecular complexity index is 885. The molecule has 1 N–H and O–H groups in total. The first-order valence-corrected chi connectivity index (χ1v) is 10.4. The molecule has 0 unspecified atom stereocenters. The van der Waals surface area contributed by atoms with Crippen LogP contribution in [0.5, 0.6) is 0 Å². The normalized spacial score (nSPS) is 15.7. The number of hydrogen-bond donors (Lipinski definition) is 1. The molecule has 3 rings (SSSR count). The number of carbonyl (C=O) groups excluding carboxylic acids is 1. The van der Waals surface area contributed by atoms with E-state index < -0.39 is 10.0 Å². The van der Waals surface area contributed by atoms with Gasteiger partial charge in [-0.05, 0) is 47.9 Å². The Morgan fingerprint density at radius 2 is 1.59 bits per heavy atom. The minimum absolute atomic E-state index is 0.212. The van der Waals surface area contributed by atoms with E-state index in [1.165, 1.54) is 22.0 Å². The quantitative estimate of drug-likeness (QED) is 0.854. The standard InChI is InChI=1S/C20H24N2O4S/c1-15(2)16-3-5-17(6-4-16)20(23)21-18-7-9-19(10-8-18)27(24,25)22-11-13-26-14-12-22/h3-10,15H,11-14H2,1-2H3,(H,21,23). The molecule has 0 bridgehead atoms. The first kappa shape index (κ1) is 19.5. The Labute approximate surface area is 160 Å². The van der Waals surface area contributed by atoms with Gasteiger partial charge in [0.1, 0.15) is 0 Å². The Hall–Kier alpha value is -2.22. The molecule has 0 aromatic heterocycles. The summed E-state index contributed by atoms with van der Waals surface area (Å²) in [5.41, 5.74) is 2.28. The average Bonchev–Trinajstić information content (AvgIpc) is 2.69. The highest BCUT2D eigenvalue weighted by molar-refractivity contribution is 7.89. The van der Waals surface area contributed by atoms with Gasteiger partial charge in [0.05, 0.1) is 18.1 Å². The molecule has 0 spiro atoms. The van der Waals surface area contributed by atoms with Crippen LogP contribution in [0, 0.1) is 0 Å². The molecule has 27 heavy (non-hydrogen) atoms. The van der Waals surface area contributed by atoms with Crippen LogP contribution < -0.4 is 5.32 Å². The third kappa shape index (κ3) is 4.55. The van der Waals surface area contributed by atoms with Crippen molar-refractivity contribution in [3.63, 3.8) is 0 Å². The molecule has 7 heteroatoms. The lowest BCUT2D eigenvalue weighted by Gasteiger charge is -2.26. The molecule has 0 aliphatic carbocycles. The number of nitrogens with zero attached hydrogens (tertiary/aromatic N) is 1. The molecule has 1 aliphatic rings. The number of hydrogen-bond acceptors (Lipinski definition) is 4. The van der Waals surface area contributed by atoms with Gasteiger partial charge in [0.15, 0.2) is 0 Å². The molecule has 0 saturated carbocycles. The maximum absolute atomic E-state index is 12.6. The van der Waals surface area contributed by atoms with Crippen molar-refractivity contribution >= 4 is 21.6 Å². The Morgan fingerprint density at radius 3 is 2.15 bits per heavy atom. The molecule has 1 heterocycles. The van der Waals surface area contributed by atoms with Crippen LogP contribution in [0.15, 0.2) is 53.4 Å². The molecule has 0 atom stereocenters. The van der Waals surface area contributed by atoms with E-state index in [0.717, 1.165) is 0 Å². The molecule has 1 aliphatic heterocycles. The van der Waals surface area contributed by atoms with Crippen molar-refractivity contribution in [3.8, 4) is 0 Å². The Balaban J connectivity index is 1.69. The topological polar surface area (TPSA) is 75.7 Å². The minimum atomic E-state index is -3.53. The van der Waals surface area contributed by atoms with Crippen molar-refractivity contribution in [2.45, 2.75) is 24.7 Å². The number of ether oxygens (including phenoxy) is 1. The number of carbonyl (C=O) groups is 1. The molecule has 1 saturated heterocycles. The SMILES string of the molecule is CC(C)c1ccc(C(=O)Nc2ccc(S(=O)(=O)N3CCOCC3)cc2)cc1. The summed E-state index contributed by atoms with van der Waals surface area (Å²) >= 11 is 0. The van der Waals surface area contributed by atoms with Gasteiger partial charge in [-0.1, -0.05) is 26.0 Å². The van der Waals surface area contributed by atoms with Crippen LogP contribution in [0.1, 0.15) is 35.7 Å². The van der Waals surface area contributed by atoms with E-state index in [0.29, 0.717) is 43.5 Å². The van der Waals surface area contributed by atoms with Crippen LogP contribution in [0.2, 0.25) is 0 Å². The molecule has 2 aromatic rings. The van der Waals surface area contributed by atoms with Gasteiger partial charge in [0.2, 0.25) is 10.0 Å². The number of amides is 1. The zero-order valence-electron chi connectivity index (χ0n) is 15.5. The van der Waals surface area contributed by atoms with E-state index in [1.807, 2.05) is 12.1 Å². The second kappa shape index (κ2) is 8.21. The second-order valence-corrected chi connectivity index (χ2v) is 8.71. The maximum atomic E-state index is 12.6. The lowest BCUT2D eigenvalue weighted by Crippen LogP contribution is -2.40. The van der Waals surface area contributed by atoms with Gasteiger partial charge in [-0.2, -0.15) is 4.31 Å². The van der Waals surface area contributed by atoms with Gasteiger partial charge in [-0.25, -0.2) is 8.42 Å². The summed E-state index contributed by atoms with van der Waals surface area (Å²) < 4.78 is 31.8. The number of anilines is 1. The van der Waals surface area contributed by atoms with E-state index in [-0.39, 0.29) is 10.8 Å². The molecule has 1 amide bonds. The van der Waals surface area contributed by atoms with E-state index in [2.05, 4.69) is 19.2 Å². The fourth-order valence-corrected chi connectivity index (χ4v) is 4.28. The van der Waals surface area contributed by atoms with Gasteiger partial charge >= 0.3 is 0 Å². The fraction of sp³-hybridized carbons (Fsp3) is 0.350. The summed E-state index contributed by atoms with van der Waals surface area (Å²) in [5, 5.41) is 2.80. The average molecular weight is 388 g/mol. The number of rotatable bonds is 5. The van der Waals surface area contributed by atoms with Crippen molar-refractivity contribution in [2.24, 2.45) is 0 Å². The van der Waals surface area contributed by atoms with Crippen LogP contribution in [0.4, 0.5) is 5.69 Å². The number of sulfonamides is 1. The molecular formula is C20H24N2O4S. The second-order valence-electron chi connectivity index (χ2n) is 6.77. The van der Waals surface area contributed by atoms with Crippen molar-refractivity contribution in [1.29, 1.82) is 0 Å². The molecule has 1 fully saturated rings. The van der Waals surface area contributed by atoms with Crippen LogP contribution in [0.3, 0.4) is 0 Å². The smallest absolute Gasteiger partial charge is 0.255 e. The maximum Gasteiger partial charge on any atom is 0.255 e. The van der Waals surface area contributed by atoms with E-state index >= 15 is 0 Å². The van der Waals surface area contributed by atoms with Gasteiger partial charge in [0.25, 0.3) is 5.91 Å². The molecule has 0 radical (unpaired) electrons. The largest absolute Gasteiger partial charge is 0.379 e. The van der Waals surface area contributed by atoms with Gasteiger partial charge in [0, 0.05) is 24.3 Å². The minimum Gasteiger partial charge on any atom is -0.379 e. The van der Waals surface area contributed by atoms with Gasteiger partial charge in [-0.3, -0.25) is 4.79 Å². The third-order valence-electron chi connectivity index (χ3n) is 4.56. The Morgan fingerprint density at radius 1 is 1.00 bits per heavy atom. The van der Waals surface area contributed by atoms with Crippen LogP contribution in [0.25, 0.3) is 0 Å². The molecule has 144 valence electrons. The van der Waals surface area contributed by atoms with Crippen LogP contribution >= 0.6 is 0 Å². The first-order chi connectivity index (χ1) is 12.9. The van der Waals surface area contributed by atoms with Crippen molar-refractivity contribution in [1.82, 2.24) is 4.31 Å². The zero-order valence-corrected chi connectivity index (χ0v) is 16.3. The summed E-state index contributed by atoms with van der Waals surface area (Å²) in [6.07, 6.45) is 0. The molecular weight excluding hydrogens is 364 g/mol. The summed E-state index contributed by atoms with van der Waals surface area (Å²) in [7, 11) is -3.53. The van der Waals surface area contributed by atoms with E-state index in [1.54, 1.807) is 24.3 Å². The summed E-state index contributed by atoms with van der Waals surface area (Å²) in [4.78, 5) is 12.6. The van der Waals surface area contributed by atoms with Crippen molar-refractivity contribution < 1.29 is 17.9 Å². The first-order valence-electron chi connectivity index (χ1n) is 8.97. The molecule has 2 aromatic carbocycles. The lowest BCUT2D eigenvalue weighted by atomic mass is 10.0. The Kier molecular flexibility index (Phi) is 5.94. The molecule has 6 nitrogen and oxygen atoms in total. The van der Waals surface area contributed by atoms with Crippen molar-refractivity contribution in [3.05, 3.63) is 59.7 Å². The number of benzene rings is 2. The highest BCUT2D eigenvalue weighted by atomic mass is 32.2. The van der Waals surface area contributed by atoms with Crippen LogP contribution in [-0.4, -0.2) is 44.9 Å². The summed E-state index contributed by atoms with van der Waals surface area (Å²) in [6.45, 7) is 5.72. The summed E-state index contributed by atoms with van der Waals surface area (Å²) in [6, 6.07) is 13.7. The van der Waals surface area contributed by atoms with E-state index in [4.69, 9.17) is 4.74 Å². The van der Waals surface area contributed by atoms with Crippen molar-refractivity contribution in [2.75, 3.05) is 31.6 Å². The zero-order chi connectivity index (χ0) is 19.4. The highest BCUT2D eigenvalue weighted by Gasteiger charge is 2.26. The van der Waals surface area contributed by atoms with Gasteiger partial charge in [-0.15, -0.1) is 0 Å². The predicted octanol–water partition coefficient (Wildman–Crippen LogP) is 3.08. The third-order valence-corrected chi connectivity index (χ3v) is 6.47.